The van der Waals surface area contributed by atoms with E-state index in [4.69, 9.17) is 14.2 Å². The summed E-state index contributed by atoms with van der Waals surface area (Å²) in [6, 6.07) is 0. The maximum atomic E-state index is 7.03. The van der Waals surface area contributed by atoms with E-state index in [1.807, 2.05) is 0 Å². The lowest BCUT2D eigenvalue weighted by atomic mass is 9.98. The zero-order chi connectivity index (χ0) is 37.5. The van der Waals surface area contributed by atoms with Gasteiger partial charge >= 0.3 is 0 Å². The molecule has 0 bridgehead atoms. The van der Waals surface area contributed by atoms with E-state index in [1.165, 1.54) is 141 Å². The molecule has 0 saturated carbocycles. The van der Waals surface area contributed by atoms with Gasteiger partial charge in [-0.25, -0.2) is 0 Å². The van der Waals surface area contributed by atoms with Crippen molar-refractivity contribution in [3.8, 4) is 0 Å². The summed E-state index contributed by atoms with van der Waals surface area (Å²) in [5.74, 6) is -0.446. The molecule has 5 nitrogen and oxygen atoms in total. The Morgan fingerprint density at radius 1 is 0.423 bits per heavy atom. The summed E-state index contributed by atoms with van der Waals surface area (Å²) in [6.45, 7) is 6.29. The van der Waals surface area contributed by atoms with E-state index in [1.54, 1.807) is 0 Å². The maximum absolute atomic E-state index is 7.03. The van der Waals surface area contributed by atoms with Crippen LogP contribution in [0.5, 0.6) is 0 Å². The fourth-order valence-corrected chi connectivity index (χ4v) is 7.75. The molecule has 0 N–H and O–H groups in total. The van der Waals surface area contributed by atoms with Crippen LogP contribution in [0.4, 0.5) is 0 Å². The Kier molecular flexibility index (Phi) is 28.0. The lowest BCUT2D eigenvalue weighted by Crippen LogP contribution is -2.39. The second kappa shape index (κ2) is 31.0. The number of likely N-dealkylation sites (N-methyl/N-ethyl adjacent to an activating group) is 2. The van der Waals surface area contributed by atoms with Crippen LogP contribution in [0.1, 0.15) is 181 Å². The Morgan fingerprint density at radius 2 is 0.750 bits per heavy atom. The Labute approximate surface area is 324 Å². The van der Waals surface area contributed by atoms with E-state index in [9.17, 15) is 0 Å². The summed E-state index contributed by atoms with van der Waals surface area (Å²) >= 11 is 0. The van der Waals surface area contributed by atoms with Gasteiger partial charge in [-0.1, -0.05) is 140 Å². The first-order valence-electron chi connectivity index (χ1n) is 22.3. The van der Waals surface area contributed by atoms with E-state index in [-0.39, 0.29) is 24.4 Å². The Balaban J connectivity index is 1.72. The zero-order valence-electron chi connectivity index (χ0n) is 35.3. The van der Waals surface area contributed by atoms with Crippen molar-refractivity contribution < 1.29 is 14.2 Å². The molecule has 2 fully saturated rings. The minimum atomic E-state index is -0.446. The molecule has 0 radical (unpaired) electrons. The van der Waals surface area contributed by atoms with E-state index in [2.05, 4.69) is 100 Å². The van der Waals surface area contributed by atoms with Gasteiger partial charge in [-0.3, -0.25) is 0 Å². The summed E-state index contributed by atoms with van der Waals surface area (Å²) < 4.78 is 20.6. The third-order valence-corrected chi connectivity index (χ3v) is 10.7. The van der Waals surface area contributed by atoms with E-state index in [0.29, 0.717) is 0 Å². The standard InChI is InChI=1S/C47H86N2O3/c1-7-9-11-13-15-17-19-21-23-25-27-29-31-33-35-37-39-47(51-45-43(41-48(3)4)50-44(42-49(5)6)46(45)52-47)40-38-36-34-32-30-28-26-24-22-20-18-16-14-12-10-8-2/h15-18,21-24,43-46H,7-14,19-20,25-42H2,1-6H3. The van der Waals surface area contributed by atoms with E-state index < -0.39 is 5.79 Å². The van der Waals surface area contributed by atoms with Crippen molar-refractivity contribution in [1.82, 2.24) is 9.80 Å². The minimum absolute atomic E-state index is 0.0292. The second-order valence-electron chi connectivity index (χ2n) is 16.5. The third-order valence-electron chi connectivity index (χ3n) is 10.7. The molecule has 0 aromatic carbocycles. The molecule has 2 rings (SSSR count). The summed E-state index contributed by atoms with van der Waals surface area (Å²) in [5.41, 5.74) is 0. The van der Waals surface area contributed by atoms with Crippen molar-refractivity contribution in [3.63, 3.8) is 0 Å². The highest BCUT2D eigenvalue weighted by atomic mass is 16.8. The Bertz CT molecular complexity index is 867. The van der Waals surface area contributed by atoms with Crippen LogP contribution in [0.15, 0.2) is 48.6 Å². The van der Waals surface area contributed by atoms with Gasteiger partial charge in [-0.15, -0.1) is 0 Å². The lowest BCUT2D eigenvalue weighted by Gasteiger charge is -2.32. The zero-order valence-corrected chi connectivity index (χ0v) is 35.3. The highest BCUT2D eigenvalue weighted by Gasteiger charge is 2.57. The number of fused-ring (bicyclic) bond motifs is 1. The van der Waals surface area contributed by atoms with Crippen LogP contribution < -0.4 is 0 Å². The van der Waals surface area contributed by atoms with Crippen molar-refractivity contribution >= 4 is 0 Å². The molecule has 52 heavy (non-hydrogen) atoms. The van der Waals surface area contributed by atoms with E-state index >= 15 is 0 Å². The molecular formula is C47H86N2O3. The molecule has 2 saturated heterocycles. The molecule has 5 heteroatoms. The lowest BCUT2D eigenvalue weighted by molar-refractivity contribution is -0.219. The van der Waals surface area contributed by atoms with Crippen LogP contribution in [0.2, 0.25) is 0 Å². The third kappa shape index (κ3) is 22.2. The van der Waals surface area contributed by atoms with Crippen LogP contribution >= 0.6 is 0 Å². The molecule has 0 aliphatic carbocycles. The Morgan fingerprint density at radius 3 is 1.10 bits per heavy atom. The highest BCUT2D eigenvalue weighted by molar-refractivity contribution is 5.01. The topological polar surface area (TPSA) is 34.2 Å². The first-order valence-corrected chi connectivity index (χ1v) is 22.3. The quantitative estimate of drug-likeness (QED) is 0.0487. The average molecular weight is 727 g/mol. The molecular weight excluding hydrogens is 641 g/mol. The van der Waals surface area contributed by atoms with Gasteiger partial charge in [0.15, 0.2) is 5.79 Å². The molecule has 302 valence electrons. The van der Waals surface area contributed by atoms with Crippen molar-refractivity contribution in [2.75, 3.05) is 41.3 Å². The number of unbranched alkanes of at least 4 members (excludes halogenated alkanes) is 18. The van der Waals surface area contributed by atoms with Gasteiger partial charge in [0.25, 0.3) is 0 Å². The highest BCUT2D eigenvalue weighted by Crippen LogP contribution is 2.44. The smallest absolute Gasteiger partial charge is 0.169 e. The number of hydrogen-bond acceptors (Lipinski definition) is 5. The fraction of sp³-hybridized carbons (Fsp3) is 0.830. The second-order valence-corrected chi connectivity index (χ2v) is 16.5. The molecule has 0 aromatic rings. The Hall–Kier alpha value is -1.24. The predicted molar refractivity (Wildman–Crippen MR) is 226 cm³/mol. The largest absolute Gasteiger partial charge is 0.367 e. The summed E-state index contributed by atoms with van der Waals surface area (Å²) in [4.78, 5) is 4.46. The SMILES string of the molecule is CCCCCC=CCC=CCCCCCCCCC1(CCCCCCCCC=CCC=CCCCCC)OC2C(CN(C)C)OC(CN(C)C)C2O1. The molecule has 2 heterocycles. The van der Waals surface area contributed by atoms with Crippen LogP contribution in [0.3, 0.4) is 0 Å². The molecule has 0 aromatic heterocycles. The van der Waals surface area contributed by atoms with Gasteiger partial charge in [0.2, 0.25) is 0 Å². The van der Waals surface area contributed by atoms with Gasteiger partial charge in [0.05, 0.1) is 12.2 Å². The average Bonchev–Trinajstić information content (AvgIpc) is 3.63. The molecule has 2 aliphatic rings. The van der Waals surface area contributed by atoms with Gasteiger partial charge < -0.3 is 24.0 Å². The number of hydrogen-bond donors (Lipinski definition) is 0. The minimum Gasteiger partial charge on any atom is -0.367 e. The molecule has 2 aliphatic heterocycles. The van der Waals surface area contributed by atoms with Crippen LogP contribution in [0.25, 0.3) is 0 Å². The first kappa shape index (κ1) is 46.9. The van der Waals surface area contributed by atoms with E-state index in [0.717, 1.165) is 38.8 Å². The maximum Gasteiger partial charge on any atom is 0.169 e. The number of rotatable bonds is 34. The normalized spacial score (nSPS) is 23.7. The molecule has 0 spiro atoms. The fourth-order valence-electron chi connectivity index (χ4n) is 7.75. The van der Waals surface area contributed by atoms with Crippen LogP contribution in [0, 0.1) is 0 Å². The number of allylic oxidation sites excluding steroid dienone is 8. The first-order chi connectivity index (χ1) is 25.4. The predicted octanol–water partition coefficient (Wildman–Crippen LogP) is 12.8. The number of ether oxygens (including phenoxy) is 3. The molecule has 0 amide bonds. The monoisotopic (exact) mass is 727 g/mol. The van der Waals surface area contributed by atoms with Gasteiger partial charge in [0, 0.05) is 25.9 Å². The molecule has 4 atom stereocenters. The van der Waals surface area contributed by atoms with Gasteiger partial charge in [-0.05, 0) is 105 Å². The van der Waals surface area contributed by atoms with Gasteiger partial charge in [0.1, 0.15) is 12.2 Å². The van der Waals surface area contributed by atoms with Crippen molar-refractivity contribution in [1.29, 1.82) is 0 Å². The van der Waals surface area contributed by atoms with Crippen LogP contribution in [-0.4, -0.2) is 81.3 Å². The van der Waals surface area contributed by atoms with Gasteiger partial charge in [-0.2, -0.15) is 0 Å². The van der Waals surface area contributed by atoms with Crippen molar-refractivity contribution in [2.45, 2.75) is 211 Å². The van der Waals surface area contributed by atoms with Crippen LogP contribution in [-0.2, 0) is 14.2 Å². The van der Waals surface area contributed by atoms with Crippen molar-refractivity contribution in [3.05, 3.63) is 48.6 Å². The summed E-state index contributed by atoms with van der Waals surface area (Å²) in [6.07, 6.45) is 51.6. The summed E-state index contributed by atoms with van der Waals surface area (Å²) in [5, 5.41) is 0. The molecule has 4 unspecified atom stereocenters. The van der Waals surface area contributed by atoms with Crippen molar-refractivity contribution in [2.24, 2.45) is 0 Å². The number of nitrogens with zero attached hydrogens (tertiary/aromatic N) is 2. The summed E-state index contributed by atoms with van der Waals surface area (Å²) in [7, 11) is 8.54.